The van der Waals surface area contributed by atoms with E-state index < -0.39 is 5.97 Å². The van der Waals surface area contributed by atoms with Crippen LogP contribution in [0.4, 0.5) is 0 Å². The van der Waals surface area contributed by atoms with Crippen molar-refractivity contribution in [3.8, 4) is 0 Å². The van der Waals surface area contributed by atoms with Gasteiger partial charge >= 0.3 is 5.97 Å². The number of likely N-dealkylation sites (tertiary alicyclic amines) is 1. The zero-order valence-corrected chi connectivity index (χ0v) is 7.61. The van der Waals surface area contributed by atoms with Gasteiger partial charge in [-0.2, -0.15) is 0 Å². The van der Waals surface area contributed by atoms with Crippen molar-refractivity contribution >= 4 is 5.97 Å². The van der Waals surface area contributed by atoms with E-state index in [1.165, 1.54) is 0 Å². The zero-order chi connectivity index (χ0) is 9.26. The summed E-state index contributed by atoms with van der Waals surface area (Å²) in [5.74, 6) is -0.0675. The van der Waals surface area contributed by atoms with E-state index in [0.29, 0.717) is 18.4 Å². The standard InChI is InChI=1S/C9H15NO3/c11-9(12)2-1-7-3-10(4-7)8-5-13-6-8/h7-8H,1-6H2,(H,11,12). The van der Waals surface area contributed by atoms with E-state index in [9.17, 15) is 4.79 Å². The molecule has 0 saturated carbocycles. The molecule has 2 saturated heterocycles. The summed E-state index contributed by atoms with van der Waals surface area (Å²) >= 11 is 0. The van der Waals surface area contributed by atoms with Crippen molar-refractivity contribution in [2.45, 2.75) is 18.9 Å². The van der Waals surface area contributed by atoms with Crippen LogP contribution in [0.5, 0.6) is 0 Å². The maximum atomic E-state index is 10.3. The largest absolute Gasteiger partial charge is 0.481 e. The molecule has 2 aliphatic heterocycles. The van der Waals surface area contributed by atoms with Gasteiger partial charge in [-0.1, -0.05) is 0 Å². The van der Waals surface area contributed by atoms with Crippen LogP contribution >= 0.6 is 0 Å². The lowest BCUT2D eigenvalue weighted by Crippen LogP contribution is -2.59. The van der Waals surface area contributed by atoms with Crippen LogP contribution in [0.3, 0.4) is 0 Å². The fourth-order valence-corrected chi connectivity index (χ4v) is 1.85. The molecule has 1 N–H and O–H groups in total. The van der Waals surface area contributed by atoms with E-state index in [1.54, 1.807) is 0 Å². The number of carboxylic acids is 1. The molecule has 0 atom stereocenters. The van der Waals surface area contributed by atoms with E-state index >= 15 is 0 Å². The Labute approximate surface area is 77.5 Å². The average Bonchev–Trinajstić information content (AvgIpc) is 1.88. The number of carboxylic acid groups (broad SMARTS) is 1. The highest BCUT2D eigenvalue weighted by Gasteiger charge is 2.35. The summed E-state index contributed by atoms with van der Waals surface area (Å²) in [5.41, 5.74) is 0. The Kier molecular flexibility index (Phi) is 2.51. The van der Waals surface area contributed by atoms with Crippen molar-refractivity contribution in [2.24, 2.45) is 5.92 Å². The van der Waals surface area contributed by atoms with Crippen LogP contribution in [-0.4, -0.2) is 48.3 Å². The van der Waals surface area contributed by atoms with Crippen LogP contribution in [0.15, 0.2) is 0 Å². The summed E-state index contributed by atoms with van der Waals surface area (Å²) < 4.78 is 5.09. The number of ether oxygens (including phenoxy) is 1. The molecule has 0 unspecified atom stereocenters. The Balaban J connectivity index is 1.58. The first-order valence-electron chi connectivity index (χ1n) is 4.79. The number of aliphatic carboxylic acids is 1. The number of rotatable bonds is 4. The van der Waals surface area contributed by atoms with Gasteiger partial charge in [0.25, 0.3) is 0 Å². The molecule has 0 spiro atoms. The van der Waals surface area contributed by atoms with Gasteiger partial charge in [-0.25, -0.2) is 0 Å². The number of hydrogen-bond donors (Lipinski definition) is 1. The average molecular weight is 185 g/mol. The minimum atomic E-state index is -0.676. The summed E-state index contributed by atoms with van der Waals surface area (Å²) in [6.07, 6.45) is 1.15. The third-order valence-corrected chi connectivity index (χ3v) is 2.89. The molecule has 0 aliphatic carbocycles. The molecule has 4 heteroatoms. The third kappa shape index (κ3) is 2.00. The Morgan fingerprint density at radius 1 is 1.46 bits per heavy atom. The summed E-state index contributed by atoms with van der Waals surface area (Å²) in [5, 5.41) is 8.48. The molecule has 13 heavy (non-hydrogen) atoms. The Bertz CT molecular complexity index is 197. The van der Waals surface area contributed by atoms with Gasteiger partial charge in [0.05, 0.1) is 19.3 Å². The van der Waals surface area contributed by atoms with Crippen molar-refractivity contribution in [1.29, 1.82) is 0 Å². The molecule has 4 nitrogen and oxygen atoms in total. The summed E-state index contributed by atoms with van der Waals surface area (Å²) in [6, 6.07) is 0.626. The number of nitrogens with zero attached hydrogens (tertiary/aromatic N) is 1. The van der Waals surface area contributed by atoms with Crippen LogP contribution in [0.2, 0.25) is 0 Å². The highest BCUT2D eigenvalue weighted by atomic mass is 16.5. The minimum Gasteiger partial charge on any atom is -0.481 e. The van der Waals surface area contributed by atoms with E-state index in [-0.39, 0.29) is 0 Å². The predicted molar refractivity (Wildman–Crippen MR) is 46.5 cm³/mol. The van der Waals surface area contributed by atoms with Gasteiger partial charge in [-0.3, -0.25) is 9.69 Å². The van der Waals surface area contributed by atoms with Gasteiger partial charge in [-0.15, -0.1) is 0 Å². The van der Waals surface area contributed by atoms with Gasteiger partial charge in [0.15, 0.2) is 0 Å². The molecule has 0 bridgehead atoms. The second-order valence-corrected chi connectivity index (χ2v) is 3.94. The fraction of sp³-hybridized carbons (Fsp3) is 0.889. The molecule has 0 aromatic heterocycles. The van der Waals surface area contributed by atoms with Crippen LogP contribution in [0.1, 0.15) is 12.8 Å². The first-order chi connectivity index (χ1) is 6.25. The lowest BCUT2D eigenvalue weighted by atomic mass is 9.92. The quantitative estimate of drug-likeness (QED) is 0.679. The molecule has 2 rings (SSSR count). The molecule has 2 fully saturated rings. The van der Waals surface area contributed by atoms with Gasteiger partial charge in [-0.05, 0) is 12.3 Å². The molecular weight excluding hydrogens is 170 g/mol. The third-order valence-electron chi connectivity index (χ3n) is 2.89. The lowest BCUT2D eigenvalue weighted by Gasteiger charge is -2.47. The van der Waals surface area contributed by atoms with Crippen molar-refractivity contribution in [3.63, 3.8) is 0 Å². The number of carbonyl (C=O) groups is 1. The second kappa shape index (κ2) is 3.64. The normalized spacial score (nSPS) is 25.2. The van der Waals surface area contributed by atoms with E-state index in [0.717, 1.165) is 32.7 Å². The van der Waals surface area contributed by atoms with Gasteiger partial charge in [0.2, 0.25) is 0 Å². The molecule has 0 aromatic carbocycles. The molecular formula is C9H15NO3. The van der Waals surface area contributed by atoms with E-state index in [4.69, 9.17) is 9.84 Å². The Morgan fingerprint density at radius 3 is 2.62 bits per heavy atom. The maximum absolute atomic E-state index is 10.3. The molecule has 0 aromatic rings. The van der Waals surface area contributed by atoms with Crippen molar-refractivity contribution < 1.29 is 14.6 Å². The van der Waals surface area contributed by atoms with Gasteiger partial charge < -0.3 is 9.84 Å². The summed E-state index contributed by atoms with van der Waals surface area (Å²) in [4.78, 5) is 12.7. The highest BCUT2D eigenvalue weighted by Crippen LogP contribution is 2.25. The zero-order valence-electron chi connectivity index (χ0n) is 7.61. The molecule has 2 heterocycles. The Morgan fingerprint density at radius 2 is 2.15 bits per heavy atom. The SMILES string of the molecule is O=C(O)CCC1CN(C2COC2)C1. The molecule has 0 radical (unpaired) electrons. The fourth-order valence-electron chi connectivity index (χ4n) is 1.85. The smallest absolute Gasteiger partial charge is 0.303 e. The minimum absolute atomic E-state index is 0.319. The second-order valence-electron chi connectivity index (χ2n) is 3.94. The predicted octanol–water partition coefficient (Wildman–Crippen LogP) is 0.182. The van der Waals surface area contributed by atoms with Crippen LogP contribution in [-0.2, 0) is 9.53 Å². The summed E-state index contributed by atoms with van der Waals surface area (Å²) in [7, 11) is 0. The molecule has 2 aliphatic rings. The first kappa shape index (κ1) is 8.97. The first-order valence-corrected chi connectivity index (χ1v) is 4.79. The summed E-state index contributed by atoms with van der Waals surface area (Å²) in [6.45, 7) is 3.87. The molecule has 74 valence electrons. The van der Waals surface area contributed by atoms with Gasteiger partial charge in [0, 0.05) is 19.5 Å². The van der Waals surface area contributed by atoms with Crippen LogP contribution in [0, 0.1) is 5.92 Å². The van der Waals surface area contributed by atoms with Crippen LogP contribution < -0.4 is 0 Å². The van der Waals surface area contributed by atoms with Crippen molar-refractivity contribution in [1.82, 2.24) is 4.90 Å². The van der Waals surface area contributed by atoms with Crippen molar-refractivity contribution in [3.05, 3.63) is 0 Å². The lowest BCUT2D eigenvalue weighted by molar-refractivity contribution is -0.138. The topological polar surface area (TPSA) is 49.8 Å². The highest BCUT2D eigenvalue weighted by molar-refractivity contribution is 5.66. The Hall–Kier alpha value is -0.610. The number of hydrogen-bond acceptors (Lipinski definition) is 3. The monoisotopic (exact) mass is 185 g/mol. The van der Waals surface area contributed by atoms with Gasteiger partial charge in [0.1, 0.15) is 0 Å². The van der Waals surface area contributed by atoms with E-state index in [2.05, 4.69) is 4.90 Å². The van der Waals surface area contributed by atoms with Crippen LogP contribution in [0.25, 0.3) is 0 Å². The molecule has 0 amide bonds. The van der Waals surface area contributed by atoms with Crippen molar-refractivity contribution in [2.75, 3.05) is 26.3 Å². The maximum Gasteiger partial charge on any atom is 0.303 e. The van der Waals surface area contributed by atoms with E-state index in [1.807, 2.05) is 0 Å².